The monoisotopic (exact) mass is 407 g/mol. The molecule has 0 aliphatic carbocycles. The van der Waals surface area contributed by atoms with E-state index < -0.39 is 28.0 Å². The maximum Gasteiger partial charge on any atom is 0.355 e. The molecule has 0 fully saturated rings. The van der Waals surface area contributed by atoms with Crippen LogP contribution in [0.2, 0.25) is 0 Å². The minimum Gasteiger partial charge on any atom is -0.448 e. The lowest BCUT2D eigenvalue weighted by Gasteiger charge is -2.15. The van der Waals surface area contributed by atoms with Crippen LogP contribution in [0.5, 0.6) is 0 Å². The summed E-state index contributed by atoms with van der Waals surface area (Å²) in [5.74, 6) is -1.64. The van der Waals surface area contributed by atoms with Crippen molar-refractivity contribution in [3.8, 4) is 0 Å². The molecule has 150 valence electrons. The van der Waals surface area contributed by atoms with Crippen LogP contribution in [-0.4, -0.2) is 55.6 Å². The fraction of sp³-hybridized carbons (Fsp3) is 0.278. The van der Waals surface area contributed by atoms with Gasteiger partial charge in [0.1, 0.15) is 5.69 Å². The number of carbonyl (C=O) groups excluding carboxylic acids is 3. The predicted molar refractivity (Wildman–Crippen MR) is 102 cm³/mol. The summed E-state index contributed by atoms with van der Waals surface area (Å²) in [7, 11) is -0.844. The molecule has 1 aromatic heterocycles. The number of carbonyl (C=O) groups is 3. The maximum absolute atomic E-state index is 12.3. The average molecular weight is 407 g/mol. The molecular weight excluding hydrogens is 386 g/mol. The first-order chi connectivity index (χ1) is 13.0. The molecule has 10 heteroatoms. The Morgan fingerprint density at radius 2 is 1.86 bits per heavy atom. The number of rotatable bonds is 7. The van der Waals surface area contributed by atoms with Crippen LogP contribution in [0.1, 0.15) is 34.7 Å². The van der Waals surface area contributed by atoms with Gasteiger partial charge in [-0.1, -0.05) is 6.07 Å². The molecule has 0 bridgehead atoms. The number of benzene rings is 1. The zero-order valence-corrected chi connectivity index (χ0v) is 16.7. The number of hydrogen-bond acceptors (Lipinski definition) is 6. The van der Waals surface area contributed by atoms with Crippen LogP contribution < -0.4 is 5.32 Å². The number of amides is 1. The van der Waals surface area contributed by atoms with E-state index in [9.17, 15) is 22.8 Å². The number of ether oxygens (including phenoxy) is 1. The highest BCUT2D eigenvalue weighted by atomic mass is 32.2. The number of aromatic amines is 1. The third-order valence-electron chi connectivity index (χ3n) is 3.84. The van der Waals surface area contributed by atoms with Gasteiger partial charge >= 0.3 is 5.97 Å². The molecule has 0 unspecified atom stereocenters. The standard InChI is InChI=1S/C18H21N3O6S/c1-11(22)13-8-16(19-10-13)18(24)27-12(2)17(23)20-14-6-5-7-15(9-14)28(25,26)21(3)4/h5-10,12,19H,1-4H3,(H,20,23)/t12-/m1/s1. The first kappa shape index (κ1) is 21.3. The number of ketones is 1. The van der Waals surface area contributed by atoms with Gasteiger partial charge in [0.25, 0.3) is 5.91 Å². The third-order valence-corrected chi connectivity index (χ3v) is 5.65. The fourth-order valence-electron chi connectivity index (χ4n) is 2.18. The first-order valence-corrected chi connectivity index (χ1v) is 9.70. The molecule has 28 heavy (non-hydrogen) atoms. The Morgan fingerprint density at radius 3 is 2.43 bits per heavy atom. The molecule has 0 aliphatic rings. The van der Waals surface area contributed by atoms with Gasteiger partial charge in [-0.3, -0.25) is 9.59 Å². The highest BCUT2D eigenvalue weighted by Gasteiger charge is 2.22. The quantitative estimate of drug-likeness (QED) is 0.531. The zero-order valence-electron chi connectivity index (χ0n) is 15.8. The molecule has 1 atom stereocenters. The lowest BCUT2D eigenvalue weighted by molar-refractivity contribution is -0.123. The Labute approximate surface area is 162 Å². The molecule has 1 amide bonds. The third kappa shape index (κ3) is 4.84. The second-order valence-electron chi connectivity index (χ2n) is 6.21. The van der Waals surface area contributed by atoms with Crippen LogP contribution in [0, 0.1) is 0 Å². The molecule has 0 spiro atoms. The van der Waals surface area contributed by atoms with Gasteiger partial charge in [-0.2, -0.15) is 0 Å². The van der Waals surface area contributed by atoms with Gasteiger partial charge in [-0.25, -0.2) is 17.5 Å². The lowest BCUT2D eigenvalue weighted by atomic mass is 10.2. The fourth-order valence-corrected chi connectivity index (χ4v) is 3.13. The molecule has 2 N–H and O–H groups in total. The summed E-state index contributed by atoms with van der Waals surface area (Å²) in [6, 6.07) is 7.07. The summed E-state index contributed by atoms with van der Waals surface area (Å²) in [6.07, 6.45) is 0.228. The van der Waals surface area contributed by atoms with Crippen molar-refractivity contribution in [3.63, 3.8) is 0 Å². The van der Waals surface area contributed by atoms with Crippen LogP contribution in [0.4, 0.5) is 5.69 Å². The van der Waals surface area contributed by atoms with Crippen LogP contribution in [0.3, 0.4) is 0 Å². The summed E-state index contributed by atoms with van der Waals surface area (Å²) < 4.78 is 30.5. The summed E-state index contributed by atoms with van der Waals surface area (Å²) in [4.78, 5) is 38.3. The van der Waals surface area contributed by atoms with Crippen molar-refractivity contribution in [2.45, 2.75) is 24.8 Å². The van der Waals surface area contributed by atoms with Crippen LogP contribution in [0.15, 0.2) is 41.4 Å². The molecule has 0 saturated heterocycles. The molecule has 2 rings (SSSR count). The average Bonchev–Trinajstić information content (AvgIpc) is 3.12. The molecule has 1 heterocycles. The van der Waals surface area contributed by atoms with E-state index in [1.54, 1.807) is 0 Å². The lowest BCUT2D eigenvalue weighted by Crippen LogP contribution is -2.30. The van der Waals surface area contributed by atoms with Crippen molar-refractivity contribution in [3.05, 3.63) is 47.8 Å². The van der Waals surface area contributed by atoms with Gasteiger partial charge in [0.2, 0.25) is 10.0 Å². The van der Waals surface area contributed by atoms with Crippen molar-refractivity contribution in [1.29, 1.82) is 0 Å². The number of anilines is 1. The number of H-pyrrole nitrogens is 1. The molecule has 0 saturated carbocycles. The van der Waals surface area contributed by atoms with E-state index in [1.807, 2.05) is 0 Å². The van der Waals surface area contributed by atoms with Gasteiger partial charge in [0.15, 0.2) is 11.9 Å². The zero-order chi connectivity index (χ0) is 21.1. The summed E-state index contributed by atoms with van der Waals surface area (Å²) in [6.45, 7) is 2.74. The number of nitrogens with zero attached hydrogens (tertiary/aromatic N) is 1. The smallest absolute Gasteiger partial charge is 0.355 e. The van der Waals surface area contributed by atoms with Gasteiger partial charge in [0.05, 0.1) is 4.90 Å². The Hall–Kier alpha value is -2.98. The van der Waals surface area contributed by atoms with Crippen LogP contribution in [0.25, 0.3) is 0 Å². The highest BCUT2D eigenvalue weighted by molar-refractivity contribution is 7.89. The van der Waals surface area contributed by atoms with Gasteiger partial charge in [-0.15, -0.1) is 0 Å². The van der Waals surface area contributed by atoms with Crippen molar-refractivity contribution in [2.24, 2.45) is 0 Å². The number of aromatic nitrogens is 1. The second-order valence-corrected chi connectivity index (χ2v) is 8.36. The van der Waals surface area contributed by atoms with E-state index in [2.05, 4.69) is 10.3 Å². The number of sulfonamides is 1. The summed E-state index contributed by atoms with van der Waals surface area (Å²) in [5.41, 5.74) is 0.612. The number of hydrogen-bond donors (Lipinski definition) is 2. The van der Waals surface area contributed by atoms with Gasteiger partial charge in [-0.05, 0) is 38.1 Å². The topological polar surface area (TPSA) is 126 Å². The van der Waals surface area contributed by atoms with Crippen molar-refractivity contribution < 1.29 is 27.5 Å². The summed E-state index contributed by atoms with van der Waals surface area (Å²) in [5, 5.41) is 2.51. The maximum atomic E-state index is 12.3. The molecule has 9 nitrogen and oxygen atoms in total. The van der Waals surface area contributed by atoms with E-state index in [0.29, 0.717) is 5.56 Å². The first-order valence-electron chi connectivity index (χ1n) is 8.26. The Bertz CT molecular complexity index is 1010. The van der Waals surface area contributed by atoms with Crippen LogP contribution >= 0.6 is 0 Å². The Morgan fingerprint density at radius 1 is 1.18 bits per heavy atom. The molecule has 0 aliphatic heterocycles. The second kappa shape index (κ2) is 8.36. The number of nitrogens with one attached hydrogen (secondary N) is 2. The molecule has 0 radical (unpaired) electrons. The highest BCUT2D eigenvalue weighted by Crippen LogP contribution is 2.18. The number of esters is 1. The SMILES string of the molecule is CC(=O)c1c[nH]c(C(=O)O[C@H](C)C(=O)Nc2cccc(S(=O)(=O)N(C)C)c2)c1. The van der Waals surface area contributed by atoms with Crippen molar-refractivity contribution in [1.82, 2.24) is 9.29 Å². The van der Waals surface area contributed by atoms with E-state index >= 15 is 0 Å². The van der Waals surface area contributed by atoms with Gasteiger partial charge < -0.3 is 15.0 Å². The minimum absolute atomic E-state index is 0.0168. The molecular formula is C18H21N3O6S. The van der Waals surface area contributed by atoms with E-state index in [-0.39, 0.29) is 22.1 Å². The van der Waals surface area contributed by atoms with Gasteiger partial charge in [0, 0.05) is 31.5 Å². The normalized spacial score (nSPS) is 12.5. The largest absolute Gasteiger partial charge is 0.448 e. The Kier molecular flexibility index (Phi) is 6.37. The van der Waals surface area contributed by atoms with Crippen molar-refractivity contribution in [2.75, 3.05) is 19.4 Å². The van der Waals surface area contributed by atoms with E-state index in [1.165, 1.54) is 64.5 Å². The van der Waals surface area contributed by atoms with Crippen LogP contribution in [-0.2, 0) is 19.6 Å². The van der Waals surface area contributed by atoms with Crippen molar-refractivity contribution >= 4 is 33.4 Å². The molecule has 2 aromatic rings. The van der Waals surface area contributed by atoms with E-state index in [4.69, 9.17) is 4.74 Å². The minimum atomic E-state index is -3.65. The van der Waals surface area contributed by atoms with E-state index in [0.717, 1.165) is 4.31 Å². The predicted octanol–water partition coefficient (Wildman–Crippen LogP) is 1.65. The number of Topliss-reactive ketones (excluding diaryl/α,β-unsaturated/α-hetero) is 1. The Balaban J connectivity index is 2.06. The molecule has 1 aromatic carbocycles. The summed E-state index contributed by atoms with van der Waals surface area (Å²) >= 11 is 0.